The second kappa shape index (κ2) is 10.1. The Hall–Kier alpha value is -2.67. The first-order valence-corrected chi connectivity index (χ1v) is 11.7. The SMILES string of the molecule is CCC(C)Cn1c(Cc2cccs2)nc2cc(C(=O)NC(CC(C)C)C(=O)O)ccc21. The predicted molar refractivity (Wildman–Crippen MR) is 125 cm³/mol. The van der Waals surface area contributed by atoms with Gasteiger partial charge in [-0.2, -0.15) is 0 Å². The van der Waals surface area contributed by atoms with Crippen molar-refractivity contribution in [2.75, 3.05) is 0 Å². The number of fused-ring (bicyclic) bond motifs is 1. The molecule has 0 saturated carbocycles. The van der Waals surface area contributed by atoms with E-state index in [9.17, 15) is 14.7 Å². The minimum Gasteiger partial charge on any atom is -0.480 e. The molecule has 2 unspecified atom stereocenters. The average Bonchev–Trinajstić information content (AvgIpc) is 3.35. The lowest BCUT2D eigenvalue weighted by Crippen LogP contribution is -2.41. The average molecular weight is 442 g/mol. The summed E-state index contributed by atoms with van der Waals surface area (Å²) in [5, 5.41) is 14.2. The lowest BCUT2D eigenvalue weighted by molar-refractivity contribution is -0.139. The number of nitrogens with zero attached hydrogens (tertiary/aromatic N) is 2. The highest BCUT2D eigenvalue weighted by atomic mass is 32.1. The quantitative estimate of drug-likeness (QED) is 0.465. The van der Waals surface area contributed by atoms with E-state index in [4.69, 9.17) is 4.98 Å². The van der Waals surface area contributed by atoms with Crippen LogP contribution in [-0.4, -0.2) is 32.6 Å². The summed E-state index contributed by atoms with van der Waals surface area (Å²) in [6, 6.07) is 8.70. The first-order chi connectivity index (χ1) is 14.8. The van der Waals surface area contributed by atoms with Crippen molar-refractivity contribution in [3.63, 3.8) is 0 Å². The molecule has 3 aromatic rings. The van der Waals surface area contributed by atoms with Gasteiger partial charge in [0.1, 0.15) is 11.9 Å². The third-order valence-corrected chi connectivity index (χ3v) is 6.38. The molecule has 7 heteroatoms. The summed E-state index contributed by atoms with van der Waals surface area (Å²) < 4.78 is 2.25. The molecule has 1 aromatic carbocycles. The number of carboxylic acid groups (broad SMARTS) is 1. The number of amides is 1. The molecule has 2 N–H and O–H groups in total. The fourth-order valence-electron chi connectivity index (χ4n) is 3.60. The van der Waals surface area contributed by atoms with Crippen molar-refractivity contribution in [1.29, 1.82) is 0 Å². The fourth-order valence-corrected chi connectivity index (χ4v) is 4.31. The van der Waals surface area contributed by atoms with Gasteiger partial charge in [0.2, 0.25) is 0 Å². The van der Waals surface area contributed by atoms with Gasteiger partial charge < -0.3 is 15.0 Å². The molecule has 6 nitrogen and oxygen atoms in total. The molecule has 0 bridgehead atoms. The molecule has 0 radical (unpaired) electrons. The van der Waals surface area contributed by atoms with Gasteiger partial charge in [0, 0.05) is 23.4 Å². The molecule has 2 aromatic heterocycles. The molecule has 0 spiro atoms. The fraction of sp³-hybridized carbons (Fsp3) is 0.458. The molecule has 0 aliphatic carbocycles. The highest BCUT2D eigenvalue weighted by Crippen LogP contribution is 2.24. The Morgan fingerprint density at radius 3 is 2.61 bits per heavy atom. The lowest BCUT2D eigenvalue weighted by atomic mass is 10.0. The number of aliphatic carboxylic acids is 1. The van der Waals surface area contributed by atoms with E-state index in [0.717, 1.165) is 36.2 Å². The number of carboxylic acids is 1. The molecule has 31 heavy (non-hydrogen) atoms. The topological polar surface area (TPSA) is 84.2 Å². The molecule has 0 saturated heterocycles. The zero-order chi connectivity index (χ0) is 22.5. The van der Waals surface area contributed by atoms with E-state index >= 15 is 0 Å². The predicted octanol–water partition coefficient (Wildman–Crippen LogP) is 4.96. The van der Waals surface area contributed by atoms with Crippen LogP contribution in [0.2, 0.25) is 0 Å². The Morgan fingerprint density at radius 1 is 1.23 bits per heavy atom. The summed E-state index contributed by atoms with van der Waals surface area (Å²) in [6.45, 7) is 9.15. The van der Waals surface area contributed by atoms with Gasteiger partial charge in [-0.15, -0.1) is 11.3 Å². The normalized spacial score (nSPS) is 13.5. The van der Waals surface area contributed by atoms with Gasteiger partial charge in [-0.05, 0) is 47.9 Å². The van der Waals surface area contributed by atoms with Gasteiger partial charge in [0.25, 0.3) is 5.91 Å². The van der Waals surface area contributed by atoms with Crippen LogP contribution >= 0.6 is 11.3 Å². The van der Waals surface area contributed by atoms with Gasteiger partial charge >= 0.3 is 5.97 Å². The number of aromatic nitrogens is 2. The number of imidazole rings is 1. The molecule has 166 valence electrons. The third kappa shape index (κ3) is 5.73. The first kappa shape index (κ1) is 23.0. The van der Waals surface area contributed by atoms with Crippen molar-refractivity contribution in [2.45, 2.75) is 59.5 Å². The van der Waals surface area contributed by atoms with Crippen LogP contribution in [0.1, 0.15) is 61.6 Å². The van der Waals surface area contributed by atoms with Gasteiger partial charge in [-0.1, -0.05) is 40.2 Å². The van der Waals surface area contributed by atoms with E-state index < -0.39 is 12.0 Å². The molecule has 2 atom stereocenters. The van der Waals surface area contributed by atoms with E-state index in [-0.39, 0.29) is 11.8 Å². The monoisotopic (exact) mass is 441 g/mol. The number of benzene rings is 1. The Labute approximate surface area is 187 Å². The molecule has 0 fully saturated rings. The zero-order valence-corrected chi connectivity index (χ0v) is 19.4. The number of carbonyl (C=O) groups is 2. The summed E-state index contributed by atoms with van der Waals surface area (Å²) in [5.41, 5.74) is 2.19. The second-order valence-electron chi connectivity index (χ2n) is 8.61. The molecule has 0 aliphatic rings. The highest BCUT2D eigenvalue weighted by Gasteiger charge is 2.22. The number of thiophene rings is 1. The van der Waals surface area contributed by atoms with Crippen molar-refractivity contribution in [1.82, 2.24) is 14.9 Å². The molecule has 1 amide bonds. The van der Waals surface area contributed by atoms with Crippen molar-refractivity contribution < 1.29 is 14.7 Å². The standard InChI is InChI=1S/C24H31N3O3S/c1-5-16(4)14-27-21-9-8-17(23(28)26-20(24(29)30)11-15(2)3)12-19(21)25-22(27)13-18-7-6-10-31-18/h6-10,12,15-16,20H,5,11,13-14H2,1-4H3,(H,26,28)(H,29,30). The zero-order valence-electron chi connectivity index (χ0n) is 18.6. The largest absolute Gasteiger partial charge is 0.480 e. The Kier molecular flexibility index (Phi) is 7.49. The summed E-state index contributed by atoms with van der Waals surface area (Å²) >= 11 is 1.71. The van der Waals surface area contributed by atoms with Crippen LogP contribution in [0.25, 0.3) is 11.0 Å². The van der Waals surface area contributed by atoms with E-state index in [1.54, 1.807) is 23.5 Å². The van der Waals surface area contributed by atoms with E-state index in [0.29, 0.717) is 17.9 Å². The molecule has 3 rings (SSSR count). The van der Waals surface area contributed by atoms with Crippen molar-refractivity contribution in [3.05, 3.63) is 52.0 Å². The maximum absolute atomic E-state index is 12.7. The third-order valence-electron chi connectivity index (χ3n) is 5.50. The van der Waals surface area contributed by atoms with Gasteiger partial charge in [-0.3, -0.25) is 4.79 Å². The Morgan fingerprint density at radius 2 is 2.00 bits per heavy atom. The number of hydrogen-bond donors (Lipinski definition) is 2. The van der Waals surface area contributed by atoms with Crippen molar-refractivity contribution in [2.24, 2.45) is 11.8 Å². The van der Waals surface area contributed by atoms with Crippen LogP contribution < -0.4 is 5.32 Å². The molecule has 0 aliphatic heterocycles. The summed E-state index contributed by atoms with van der Waals surface area (Å²) in [7, 11) is 0. The van der Waals surface area contributed by atoms with Crippen LogP contribution in [0.3, 0.4) is 0 Å². The van der Waals surface area contributed by atoms with Crippen LogP contribution in [-0.2, 0) is 17.8 Å². The minimum absolute atomic E-state index is 0.167. The second-order valence-corrected chi connectivity index (χ2v) is 9.64. The van der Waals surface area contributed by atoms with E-state index in [1.807, 2.05) is 26.0 Å². The van der Waals surface area contributed by atoms with Crippen LogP contribution in [0.15, 0.2) is 35.7 Å². The Bertz CT molecular complexity index is 1040. The van der Waals surface area contributed by atoms with Gasteiger partial charge in [0.05, 0.1) is 11.0 Å². The summed E-state index contributed by atoms with van der Waals surface area (Å²) in [5.74, 6) is 0.263. The minimum atomic E-state index is -1.01. The maximum atomic E-state index is 12.7. The summed E-state index contributed by atoms with van der Waals surface area (Å²) in [4.78, 5) is 30.4. The first-order valence-electron chi connectivity index (χ1n) is 10.8. The van der Waals surface area contributed by atoms with Crippen LogP contribution in [0.4, 0.5) is 0 Å². The van der Waals surface area contributed by atoms with E-state index in [2.05, 4.69) is 35.2 Å². The smallest absolute Gasteiger partial charge is 0.326 e. The lowest BCUT2D eigenvalue weighted by Gasteiger charge is -2.16. The van der Waals surface area contributed by atoms with Gasteiger partial charge in [-0.25, -0.2) is 9.78 Å². The Balaban J connectivity index is 1.92. The number of hydrogen-bond acceptors (Lipinski definition) is 4. The molecule has 2 heterocycles. The number of carbonyl (C=O) groups excluding carboxylic acids is 1. The van der Waals surface area contributed by atoms with Crippen LogP contribution in [0, 0.1) is 11.8 Å². The summed E-state index contributed by atoms with van der Waals surface area (Å²) in [6.07, 6.45) is 2.21. The molecular formula is C24H31N3O3S. The van der Waals surface area contributed by atoms with E-state index in [1.165, 1.54) is 4.88 Å². The number of rotatable bonds is 10. The van der Waals surface area contributed by atoms with Crippen LogP contribution in [0.5, 0.6) is 0 Å². The maximum Gasteiger partial charge on any atom is 0.326 e. The van der Waals surface area contributed by atoms with Crippen molar-refractivity contribution >= 4 is 34.2 Å². The molecular weight excluding hydrogens is 410 g/mol. The van der Waals surface area contributed by atoms with Gasteiger partial charge in [0.15, 0.2) is 0 Å². The number of nitrogens with one attached hydrogen (secondary N) is 1. The van der Waals surface area contributed by atoms with Crippen molar-refractivity contribution in [3.8, 4) is 0 Å². The highest BCUT2D eigenvalue weighted by molar-refractivity contribution is 7.09.